The summed E-state index contributed by atoms with van der Waals surface area (Å²) in [5.74, 6) is 1.02. The molecule has 0 saturated carbocycles. The number of rotatable bonds is 7. The van der Waals surface area contributed by atoms with Crippen molar-refractivity contribution in [2.24, 2.45) is 0 Å². The number of carbonyl (C=O) groups is 1. The lowest BCUT2D eigenvalue weighted by atomic mass is 10.1. The first kappa shape index (κ1) is 19.9. The zero-order chi connectivity index (χ0) is 20.5. The lowest BCUT2D eigenvalue weighted by Crippen LogP contribution is -2.41. The smallest absolute Gasteiger partial charge is 0.319 e. The number of amides is 2. The average Bonchev–Trinajstić information content (AvgIpc) is 2.75. The number of anilines is 1. The molecule has 0 spiro atoms. The van der Waals surface area contributed by atoms with Gasteiger partial charge in [0.05, 0.1) is 18.2 Å². The molecule has 1 unspecified atom stereocenters. The summed E-state index contributed by atoms with van der Waals surface area (Å²) in [5, 5.41) is 24.2. The molecule has 0 aliphatic rings. The molecule has 3 aromatic rings. The molecule has 0 radical (unpaired) electrons. The van der Waals surface area contributed by atoms with E-state index in [1.165, 1.54) is 0 Å². The van der Waals surface area contributed by atoms with Crippen LogP contribution in [0.4, 0.5) is 10.5 Å². The maximum Gasteiger partial charge on any atom is 0.319 e. The van der Waals surface area contributed by atoms with Crippen LogP contribution in [0.15, 0.2) is 78.9 Å². The Bertz CT molecular complexity index is 982. The van der Waals surface area contributed by atoms with Gasteiger partial charge >= 0.3 is 6.03 Å². The predicted octanol–water partition coefficient (Wildman–Crippen LogP) is 4.08. The van der Waals surface area contributed by atoms with Crippen LogP contribution in [0.25, 0.3) is 0 Å². The highest BCUT2D eigenvalue weighted by Crippen LogP contribution is 2.25. The third-order valence-corrected chi connectivity index (χ3v) is 4.23. The van der Waals surface area contributed by atoms with Gasteiger partial charge in [0.25, 0.3) is 0 Å². The largest absolute Gasteiger partial charge is 0.456 e. The molecule has 6 nitrogen and oxygen atoms in total. The molecule has 146 valence electrons. The van der Waals surface area contributed by atoms with Gasteiger partial charge in [-0.2, -0.15) is 5.26 Å². The summed E-state index contributed by atoms with van der Waals surface area (Å²) in [6, 6.07) is 24.7. The minimum absolute atomic E-state index is 0.159. The summed E-state index contributed by atoms with van der Waals surface area (Å²) >= 11 is 0. The summed E-state index contributed by atoms with van der Waals surface area (Å²) < 4.78 is 5.72. The molecule has 0 aliphatic heterocycles. The molecule has 3 rings (SSSR count). The Balaban J connectivity index is 1.56. The van der Waals surface area contributed by atoms with Crippen LogP contribution in [0.3, 0.4) is 0 Å². The van der Waals surface area contributed by atoms with Crippen LogP contribution < -0.4 is 15.4 Å². The number of benzene rings is 3. The number of nitrogens with one attached hydrogen (secondary N) is 2. The van der Waals surface area contributed by atoms with Gasteiger partial charge < -0.3 is 20.5 Å². The van der Waals surface area contributed by atoms with Crippen LogP contribution in [0.5, 0.6) is 11.5 Å². The molecule has 0 aromatic heterocycles. The molecule has 0 aliphatic carbocycles. The normalized spacial score (nSPS) is 11.2. The molecule has 29 heavy (non-hydrogen) atoms. The Labute approximate surface area is 169 Å². The van der Waals surface area contributed by atoms with Crippen molar-refractivity contribution in [3.05, 3.63) is 90.0 Å². The van der Waals surface area contributed by atoms with Crippen molar-refractivity contribution in [2.45, 2.75) is 12.5 Å². The van der Waals surface area contributed by atoms with E-state index in [9.17, 15) is 9.90 Å². The summed E-state index contributed by atoms with van der Waals surface area (Å²) in [6.45, 7) is -0.159. The zero-order valence-electron chi connectivity index (χ0n) is 15.7. The molecule has 0 heterocycles. The van der Waals surface area contributed by atoms with Crippen LogP contribution in [0.2, 0.25) is 0 Å². The Morgan fingerprint density at radius 1 is 1.00 bits per heavy atom. The summed E-state index contributed by atoms with van der Waals surface area (Å²) in [7, 11) is 0. The van der Waals surface area contributed by atoms with Gasteiger partial charge in [-0.15, -0.1) is 0 Å². The maximum absolute atomic E-state index is 12.2. The minimum atomic E-state index is -0.400. The topological polar surface area (TPSA) is 94.4 Å². The summed E-state index contributed by atoms with van der Waals surface area (Å²) in [5.41, 5.74) is 2.06. The highest BCUT2D eigenvalue weighted by Gasteiger charge is 2.12. The Morgan fingerprint density at radius 3 is 2.38 bits per heavy atom. The van der Waals surface area contributed by atoms with Crippen LogP contribution in [0.1, 0.15) is 11.1 Å². The van der Waals surface area contributed by atoms with Crippen LogP contribution >= 0.6 is 0 Å². The fourth-order valence-electron chi connectivity index (χ4n) is 2.79. The molecule has 0 fully saturated rings. The number of ether oxygens (including phenoxy) is 1. The van der Waals surface area contributed by atoms with Gasteiger partial charge in [-0.1, -0.05) is 42.5 Å². The Morgan fingerprint density at radius 2 is 1.69 bits per heavy atom. The second-order valence-corrected chi connectivity index (χ2v) is 6.40. The Hall–Kier alpha value is -3.82. The minimum Gasteiger partial charge on any atom is -0.456 e. The fraction of sp³-hybridized carbons (Fsp3) is 0.130. The molecule has 3 aromatic carbocycles. The monoisotopic (exact) mass is 387 g/mol. The summed E-state index contributed by atoms with van der Waals surface area (Å²) in [4.78, 5) is 12.2. The van der Waals surface area contributed by atoms with E-state index in [0.717, 1.165) is 5.56 Å². The molecule has 2 amide bonds. The van der Waals surface area contributed by atoms with Gasteiger partial charge in [-0.05, 0) is 48.4 Å². The number of urea groups is 1. The standard InChI is InChI=1S/C23H21N3O3/c24-15-18-8-4-5-9-22(18)29-21-12-10-19(11-13-21)25-23(28)26-20(16-27)14-17-6-2-1-3-7-17/h1-13,20,27H,14,16H2,(H2,25,26,28). The number of hydrogen-bond donors (Lipinski definition) is 3. The van der Waals surface area contributed by atoms with E-state index in [1.54, 1.807) is 48.5 Å². The number of aliphatic hydroxyl groups is 1. The third-order valence-electron chi connectivity index (χ3n) is 4.23. The van der Waals surface area contributed by atoms with Crippen molar-refractivity contribution >= 4 is 11.7 Å². The number of carbonyl (C=O) groups excluding carboxylic acids is 1. The lowest BCUT2D eigenvalue weighted by Gasteiger charge is -2.17. The van der Waals surface area contributed by atoms with E-state index >= 15 is 0 Å². The van der Waals surface area contributed by atoms with Crippen molar-refractivity contribution in [1.29, 1.82) is 5.26 Å². The molecular formula is C23H21N3O3. The number of hydrogen-bond acceptors (Lipinski definition) is 4. The van der Waals surface area contributed by atoms with Crippen molar-refractivity contribution in [2.75, 3.05) is 11.9 Å². The first-order chi connectivity index (χ1) is 14.2. The number of aliphatic hydroxyl groups excluding tert-OH is 1. The first-order valence-electron chi connectivity index (χ1n) is 9.17. The van der Waals surface area contributed by atoms with Crippen LogP contribution in [0, 0.1) is 11.3 Å². The van der Waals surface area contributed by atoms with E-state index in [1.807, 2.05) is 30.3 Å². The van der Waals surface area contributed by atoms with Gasteiger partial charge in [0.1, 0.15) is 17.6 Å². The third kappa shape index (κ3) is 5.83. The lowest BCUT2D eigenvalue weighted by molar-refractivity contribution is 0.224. The van der Waals surface area contributed by atoms with Gasteiger partial charge in [0, 0.05) is 5.69 Å². The molecule has 6 heteroatoms. The second-order valence-electron chi connectivity index (χ2n) is 6.40. The SMILES string of the molecule is N#Cc1ccccc1Oc1ccc(NC(=O)NC(CO)Cc2ccccc2)cc1. The number of para-hydroxylation sites is 1. The number of nitriles is 1. The predicted molar refractivity (Wildman–Crippen MR) is 111 cm³/mol. The van der Waals surface area contributed by atoms with E-state index in [-0.39, 0.29) is 12.6 Å². The Kier molecular flexibility index (Phi) is 6.82. The highest BCUT2D eigenvalue weighted by molar-refractivity contribution is 5.89. The van der Waals surface area contributed by atoms with E-state index in [2.05, 4.69) is 16.7 Å². The molecule has 3 N–H and O–H groups in total. The van der Waals surface area contributed by atoms with Gasteiger partial charge in [0.2, 0.25) is 0 Å². The molecule has 0 bridgehead atoms. The second kappa shape index (κ2) is 9.93. The van der Waals surface area contributed by atoms with Crippen molar-refractivity contribution in [1.82, 2.24) is 5.32 Å². The first-order valence-corrected chi connectivity index (χ1v) is 9.17. The highest BCUT2D eigenvalue weighted by atomic mass is 16.5. The number of nitrogens with zero attached hydrogens (tertiary/aromatic N) is 1. The molecular weight excluding hydrogens is 366 g/mol. The van der Waals surface area contributed by atoms with E-state index in [4.69, 9.17) is 10.00 Å². The van der Waals surface area contributed by atoms with Gasteiger partial charge in [0.15, 0.2) is 0 Å². The van der Waals surface area contributed by atoms with E-state index in [0.29, 0.717) is 29.2 Å². The van der Waals surface area contributed by atoms with Gasteiger partial charge in [-0.25, -0.2) is 4.79 Å². The fourth-order valence-corrected chi connectivity index (χ4v) is 2.79. The van der Waals surface area contributed by atoms with Gasteiger partial charge in [-0.3, -0.25) is 0 Å². The average molecular weight is 387 g/mol. The summed E-state index contributed by atoms with van der Waals surface area (Å²) in [6.07, 6.45) is 0.538. The van der Waals surface area contributed by atoms with Crippen LogP contribution in [-0.2, 0) is 6.42 Å². The zero-order valence-corrected chi connectivity index (χ0v) is 15.7. The molecule has 0 saturated heterocycles. The quantitative estimate of drug-likeness (QED) is 0.569. The van der Waals surface area contributed by atoms with E-state index < -0.39 is 6.03 Å². The van der Waals surface area contributed by atoms with Crippen molar-refractivity contribution < 1.29 is 14.6 Å². The molecule has 1 atom stereocenters. The van der Waals surface area contributed by atoms with Crippen molar-refractivity contribution in [3.63, 3.8) is 0 Å². The van der Waals surface area contributed by atoms with Crippen molar-refractivity contribution in [3.8, 4) is 17.6 Å². The van der Waals surface area contributed by atoms with Crippen LogP contribution in [-0.4, -0.2) is 23.8 Å². The maximum atomic E-state index is 12.2.